The minimum absolute atomic E-state index is 0.0316. The third-order valence-corrected chi connectivity index (χ3v) is 3.15. The summed E-state index contributed by atoms with van der Waals surface area (Å²) in [5.74, 6) is 0.577. The summed E-state index contributed by atoms with van der Waals surface area (Å²) in [5, 5.41) is 26.5. The zero-order valence-electron chi connectivity index (χ0n) is 13.6. The van der Waals surface area contributed by atoms with Gasteiger partial charge in [-0.3, -0.25) is 10.7 Å². The van der Waals surface area contributed by atoms with Crippen molar-refractivity contribution in [3.8, 4) is 0 Å². The van der Waals surface area contributed by atoms with Crippen LogP contribution in [0, 0.1) is 6.92 Å². The number of amidine groups is 1. The molecule has 0 spiro atoms. The van der Waals surface area contributed by atoms with Gasteiger partial charge in [0.25, 0.3) is 0 Å². The standard InChI is InChI=1S/C16H21N5O2/c1-11-10-13(21(18-11)16(2,3)4)17-15(20-23)14(19-22)12-8-6-5-7-9-12/h5-10,22-23H,1-4H3,(H,17,20)/b19-14-. The quantitative estimate of drug-likeness (QED) is 0.351. The van der Waals surface area contributed by atoms with Crippen LogP contribution in [0.1, 0.15) is 32.0 Å². The Labute approximate surface area is 134 Å². The van der Waals surface area contributed by atoms with E-state index in [2.05, 4.69) is 15.2 Å². The van der Waals surface area contributed by atoms with Crippen molar-refractivity contribution in [2.45, 2.75) is 33.2 Å². The van der Waals surface area contributed by atoms with Crippen LogP contribution in [-0.2, 0) is 5.54 Å². The fraction of sp³-hybridized carbons (Fsp3) is 0.312. The molecule has 0 bridgehead atoms. The van der Waals surface area contributed by atoms with E-state index in [0.29, 0.717) is 11.4 Å². The van der Waals surface area contributed by atoms with Gasteiger partial charge in [0.1, 0.15) is 0 Å². The minimum atomic E-state index is -0.281. The van der Waals surface area contributed by atoms with Gasteiger partial charge in [0, 0.05) is 11.6 Å². The van der Waals surface area contributed by atoms with Crippen LogP contribution in [0.5, 0.6) is 0 Å². The molecule has 0 aliphatic heterocycles. The summed E-state index contributed by atoms with van der Waals surface area (Å²) in [6.07, 6.45) is 0. The van der Waals surface area contributed by atoms with Gasteiger partial charge < -0.3 is 5.21 Å². The van der Waals surface area contributed by atoms with E-state index in [1.54, 1.807) is 35.0 Å². The number of hydroxylamine groups is 1. The number of aliphatic imine (C=N–C) groups is 1. The van der Waals surface area contributed by atoms with Crippen molar-refractivity contribution >= 4 is 17.4 Å². The summed E-state index contributed by atoms with van der Waals surface area (Å²) < 4.78 is 1.75. The third kappa shape index (κ3) is 3.75. The van der Waals surface area contributed by atoms with Crippen LogP contribution in [0.15, 0.2) is 46.5 Å². The summed E-state index contributed by atoms with van der Waals surface area (Å²) in [4.78, 5) is 4.38. The van der Waals surface area contributed by atoms with Crippen LogP contribution in [0.25, 0.3) is 0 Å². The number of nitrogens with one attached hydrogen (secondary N) is 1. The first kappa shape index (κ1) is 16.7. The molecule has 7 heteroatoms. The first-order valence-corrected chi connectivity index (χ1v) is 7.20. The molecular weight excluding hydrogens is 294 g/mol. The van der Waals surface area contributed by atoms with E-state index in [4.69, 9.17) is 0 Å². The topological polar surface area (TPSA) is 95.0 Å². The first-order valence-electron chi connectivity index (χ1n) is 7.20. The summed E-state index contributed by atoms with van der Waals surface area (Å²) in [6, 6.07) is 10.8. The molecule has 0 unspecified atom stereocenters. The molecule has 0 aliphatic carbocycles. The predicted molar refractivity (Wildman–Crippen MR) is 88.7 cm³/mol. The molecule has 122 valence electrons. The van der Waals surface area contributed by atoms with Gasteiger partial charge in [-0.05, 0) is 27.7 Å². The molecular formula is C16H21N5O2. The van der Waals surface area contributed by atoms with Gasteiger partial charge in [-0.2, -0.15) is 5.10 Å². The lowest BCUT2D eigenvalue weighted by molar-refractivity contribution is 0.236. The number of benzene rings is 1. The fourth-order valence-corrected chi connectivity index (χ4v) is 2.14. The van der Waals surface area contributed by atoms with Crippen LogP contribution in [-0.4, -0.2) is 31.7 Å². The molecule has 2 rings (SSSR count). The summed E-state index contributed by atoms with van der Waals surface area (Å²) >= 11 is 0. The highest BCUT2D eigenvalue weighted by molar-refractivity contribution is 6.47. The van der Waals surface area contributed by atoms with Crippen molar-refractivity contribution in [3.05, 3.63) is 47.7 Å². The van der Waals surface area contributed by atoms with Crippen LogP contribution in [0.3, 0.4) is 0 Å². The van der Waals surface area contributed by atoms with E-state index in [1.165, 1.54) is 0 Å². The molecule has 3 N–H and O–H groups in total. The van der Waals surface area contributed by atoms with Crippen LogP contribution >= 0.6 is 0 Å². The van der Waals surface area contributed by atoms with Crippen molar-refractivity contribution in [1.82, 2.24) is 15.3 Å². The minimum Gasteiger partial charge on any atom is -0.410 e. The molecule has 0 fully saturated rings. The second-order valence-electron chi connectivity index (χ2n) is 6.11. The summed E-state index contributed by atoms with van der Waals surface area (Å²) in [7, 11) is 0. The van der Waals surface area contributed by atoms with Gasteiger partial charge in [-0.15, -0.1) is 0 Å². The Hall–Kier alpha value is -2.67. The molecule has 7 nitrogen and oxygen atoms in total. The zero-order chi connectivity index (χ0) is 17.0. The van der Waals surface area contributed by atoms with E-state index in [-0.39, 0.29) is 17.1 Å². The van der Waals surface area contributed by atoms with Gasteiger partial charge in [-0.25, -0.2) is 9.67 Å². The van der Waals surface area contributed by atoms with E-state index in [9.17, 15) is 10.4 Å². The number of nitrogens with zero attached hydrogens (tertiary/aromatic N) is 4. The number of oxime groups is 1. The van der Waals surface area contributed by atoms with Crippen molar-refractivity contribution in [2.24, 2.45) is 10.1 Å². The van der Waals surface area contributed by atoms with Crippen LogP contribution in [0.2, 0.25) is 0 Å². The van der Waals surface area contributed by atoms with Gasteiger partial charge in [0.15, 0.2) is 17.4 Å². The molecule has 1 aromatic carbocycles. The van der Waals surface area contributed by atoms with Crippen LogP contribution < -0.4 is 5.48 Å². The van der Waals surface area contributed by atoms with Crippen LogP contribution in [0.4, 0.5) is 5.82 Å². The molecule has 1 aromatic heterocycles. The number of hydrogen-bond acceptors (Lipinski definition) is 5. The maximum atomic E-state index is 9.45. The van der Waals surface area contributed by atoms with Crippen molar-refractivity contribution in [2.75, 3.05) is 0 Å². The molecule has 0 aliphatic rings. The molecule has 2 aromatic rings. The summed E-state index contributed by atoms with van der Waals surface area (Å²) in [6.45, 7) is 7.87. The monoisotopic (exact) mass is 315 g/mol. The van der Waals surface area contributed by atoms with Crippen molar-refractivity contribution in [3.63, 3.8) is 0 Å². The average Bonchev–Trinajstić information content (AvgIpc) is 2.89. The van der Waals surface area contributed by atoms with Gasteiger partial charge in [0.05, 0.1) is 11.2 Å². The van der Waals surface area contributed by atoms with Gasteiger partial charge >= 0.3 is 0 Å². The number of aryl methyl sites for hydroxylation is 1. The molecule has 0 saturated heterocycles. The van der Waals surface area contributed by atoms with Gasteiger partial charge in [-0.1, -0.05) is 35.5 Å². The number of rotatable bonds is 3. The Kier molecular flexibility index (Phi) is 4.80. The molecule has 23 heavy (non-hydrogen) atoms. The maximum Gasteiger partial charge on any atom is 0.182 e. The molecule has 1 heterocycles. The van der Waals surface area contributed by atoms with Crippen molar-refractivity contribution < 1.29 is 10.4 Å². The Balaban J connectivity index is 2.51. The predicted octanol–water partition coefficient (Wildman–Crippen LogP) is 2.83. The Morgan fingerprint density at radius 2 is 1.87 bits per heavy atom. The molecule has 0 radical (unpaired) electrons. The Morgan fingerprint density at radius 1 is 1.22 bits per heavy atom. The van der Waals surface area contributed by atoms with E-state index >= 15 is 0 Å². The number of aromatic nitrogens is 2. The highest BCUT2D eigenvalue weighted by Gasteiger charge is 2.20. The normalized spacial score (nSPS) is 13.3. The zero-order valence-corrected chi connectivity index (χ0v) is 13.6. The second-order valence-corrected chi connectivity index (χ2v) is 6.11. The first-order chi connectivity index (χ1) is 10.9. The Bertz CT molecular complexity index is 727. The van der Waals surface area contributed by atoms with E-state index < -0.39 is 0 Å². The Morgan fingerprint density at radius 3 is 2.39 bits per heavy atom. The smallest absolute Gasteiger partial charge is 0.182 e. The highest BCUT2D eigenvalue weighted by atomic mass is 16.5. The second kappa shape index (κ2) is 6.62. The van der Waals surface area contributed by atoms with E-state index in [0.717, 1.165) is 5.69 Å². The largest absolute Gasteiger partial charge is 0.410 e. The maximum absolute atomic E-state index is 9.45. The average molecular weight is 315 g/mol. The lowest BCUT2D eigenvalue weighted by Gasteiger charge is -2.21. The van der Waals surface area contributed by atoms with Gasteiger partial charge in [0.2, 0.25) is 0 Å². The fourth-order valence-electron chi connectivity index (χ4n) is 2.14. The van der Waals surface area contributed by atoms with E-state index in [1.807, 2.05) is 39.2 Å². The molecule has 0 saturated carbocycles. The van der Waals surface area contributed by atoms with Crippen molar-refractivity contribution in [1.29, 1.82) is 0 Å². The lowest BCUT2D eigenvalue weighted by Crippen LogP contribution is -2.30. The third-order valence-electron chi connectivity index (χ3n) is 3.15. The number of hydrogen-bond donors (Lipinski definition) is 3. The highest BCUT2D eigenvalue weighted by Crippen LogP contribution is 2.23. The SMILES string of the molecule is Cc1cc(/N=C(NO)/C(=N\O)c2ccccc2)n(C(C)(C)C)n1. The summed E-state index contributed by atoms with van der Waals surface area (Å²) in [5.41, 5.74) is 3.28. The lowest BCUT2D eigenvalue weighted by atomic mass is 10.1. The molecule has 0 atom stereocenters. The molecule has 0 amide bonds.